The molecule has 0 aromatic heterocycles. The van der Waals surface area contributed by atoms with E-state index in [1.54, 1.807) is 0 Å². The van der Waals surface area contributed by atoms with Gasteiger partial charge in [-0.05, 0) is 19.3 Å². The summed E-state index contributed by atoms with van der Waals surface area (Å²) in [5.41, 5.74) is 0.406. The second-order valence-corrected chi connectivity index (χ2v) is 4.70. The summed E-state index contributed by atoms with van der Waals surface area (Å²) in [7, 11) is 0. The van der Waals surface area contributed by atoms with Gasteiger partial charge in [0.25, 0.3) is 0 Å². The fraction of sp³-hybridized carbons (Fsp3) is 1.00. The SMILES string of the molecule is CCC(CC)C1(CBr)CCOC1C. The van der Waals surface area contributed by atoms with E-state index >= 15 is 0 Å². The van der Waals surface area contributed by atoms with E-state index in [9.17, 15) is 0 Å². The zero-order chi connectivity index (χ0) is 9.90. The Morgan fingerprint density at radius 2 is 2.08 bits per heavy atom. The fourth-order valence-corrected chi connectivity index (χ4v) is 3.91. The lowest BCUT2D eigenvalue weighted by molar-refractivity contribution is 0.0403. The molecule has 0 aromatic rings. The molecule has 1 fully saturated rings. The Morgan fingerprint density at radius 3 is 2.38 bits per heavy atom. The zero-order valence-electron chi connectivity index (χ0n) is 8.98. The first-order chi connectivity index (χ1) is 6.21. The Kier molecular flexibility index (Phi) is 4.24. The number of hydrogen-bond donors (Lipinski definition) is 0. The largest absolute Gasteiger partial charge is 0.378 e. The molecular formula is C11H21BrO. The zero-order valence-corrected chi connectivity index (χ0v) is 10.6. The van der Waals surface area contributed by atoms with Crippen LogP contribution in [0.15, 0.2) is 0 Å². The van der Waals surface area contributed by atoms with Crippen LogP contribution >= 0.6 is 15.9 Å². The maximum Gasteiger partial charge on any atom is 0.0614 e. The molecule has 0 radical (unpaired) electrons. The first-order valence-corrected chi connectivity index (χ1v) is 6.51. The quantitative estimate of drug-likeness (QED) is 0.691. The van der Waals surface area contributed by atoms with Crippen LogP contribution in [0, 0.1) is 11.3 Å². The van der Waals surface area contributed by atoms with Crippen LogP contribution in [-0.4, -0.2) is 18.0 Å². The van der Waals surface area contributed by atoms with E-state index in [4.69, 9.17) is 4.74 Å². The summed E-state index contributed by atoms with van der Waals surface area (Å²) >= 11 is 3.68. The predicted octanol–water partition coefficient (Wildman–Crippen LogP) is 3.61. The summed E-state index contributed by atoms with van der Waals surface area (Å²) in [6.07, 6.45) is 4.20. The molecule has 1 aliphatic rings. The molecule has 2 atom stereocenters. The molecule has 0 amide bonds. The van der Waals surface area contributed by atoms with Crippen molar-refractivity contribution in [1.82, 2.24) is 0 Å². The van der Waals surface area contributed by atoms with Crippen molar-refractivity contribution in [3.8, 4) is 0 Å². The minimum atomic E-state index is 0.406. The van der Waals surface area contributed by atoms with Crippen molar-refractivity contribution in [2.75, 3.05) is 11.9 Å². The van der Waals surface area contributed by atoms with E-state index in [1.165, 1.54) is 19.3 Å². The predicted molar refractivity (Wildman–Crippen MR) is 60.3 cm³/mol. The highest BCUT2D eigenvalue weighted by atomic mass is 79.9. The van der Waals surface area contributed by atoms with Crippen molar-refractivity contribution >= 4 is 15.9 Å². The van der Waals surface area contributed by atoms with Crippen molar-refractivity contribution in [2.45, 2.75) is 46.1 Å². The topological polar surface area (TPSA) is 9.23 Å². The maximum absolute atomic E-state index is 5.71. The molecule has 2 heteroatoms. The minimum Gasteiger partial charge on any atom is -0.378 e. The van der Waals surface area contributed by atoms with Crippen LogP contribution in [0.25, 0.3) is 0 Å². The van der Waals surface area contributed by atoms with E-state index in [0.717, 1.165) is 17.9 Å². The van der Waals surface area contributed by atoms with Gasteiger partial charge in [0.15, 0.2) is 0 Å². The van der Waals surface area contributed by atoms with Crippen LogP contribution in [0.3, 0.4) is 0 Å². The second kappa shape index (κ2) is 4.79. The normalized spacial score (nSPS) is 34.4. The number of halogens is 1. The van der Waals surface area contributed by atoms with Crippen molar-refractivity contribution in [3.63, 3.8) is 0 Å². The van der Waals surface area contributed by atoms with Gasteiger partial charge < -0.3 is 4.74 Å². The van der Waals surface area contributed by atoms with Gasteiger partial charge in [0, 0.05) is 17.4 Å². The lowest BCUT2D eigenvalue weighted by Crippen LogP contribution is -2.38. The third kappa shape index (κ3) is 1.94. The van der Waals surface area contributed by atoms with Crippen LogP contribution in [0.2, 0.25) is 0 Å². The molecule has 1 aliphatic heterocycles. The van der Waals surface area contributed by atoms with Gasteiger partial charge in [-0.15, -0.1) is 0 Å². The van der Waals surface area contributed by atoms with E-state index in [1.807, 2.05) is 0 Å². The molecule has 1 rings (SSSR count). The molecule has 1 nitrogen and oxygen atoms in total. The average Bonchev–Trinajstić information content (AvgIpc) is 2.51. The smallest absolute Gasteiger partial charge is 0.0614 e. The lowest BCUT2D eigenvalue weighted by atomic mass is 9.70. The first-order valence-electron chi connectivity index (χ1n) is 5.38. The summed E-state index contributed by atoms with van der Waals surface area (Å²) < 4.78 is 5.71. The molecule has 0 saturated carbocycles. The van der Waals surface area contributed by atoms with Crippen LogP contribution < -0.4 is 0 Å². The molecule has 1 heterocycles. The highest BCUT2D eigenvalue weighted by Crippen LogP contribution is 2.45. The van der Waals surface area contributed by atoms with Crippen LogP contribution in [0.1, 0.15) is 40.0 Å². The molecule has 2 unspecified atom stereocenters. The van der Waals surface area contributed by atoms with Crippen molar-refractivity contribution in [3.05, 3.63) is 0 Å². The van der Waals surface area contributed by atoms with Gasteiger partial charge in [-0.3, -0.25) is 0 Å². The monoisotopic (exact) mass is 248 g/mol. The Morgan fingerprint density at radius 1 is 1.46 bits per heavy atom. The van der Waals surface area contributed by atoms with Gasteiger partial charge in [-0.1, -0.05) is 42.6 Å². The second-order valence-electron chi connectivity index (χ2n) is 4.14. The summed E-state index contributed by atoms with van der Waals surface area (Å²) in [5, 5.41) is 1.09. The average molecular weight is 249 g/mol. The highest BCUT2D eigenvalue weighted by Gasteiger charge is 2.45. The highest BCUT2D eigenvalue weighted by molar-refractivity contribution is 9.09. The summed E-state index contributed by atoms with van der Waals surface area (Å²) in [6.45, 7) is 7.77. The third-order valence-corrected chi connectivity index (χ3v) is 4.84. The Bertz CT molecular complexity index is 156. The maximum atomic E-state index is 5.71. The third-order valence-electron chi connectivity index (χ3n) is 3.79. The molecule has 0 aliphatic carbocycles. The molecule has 78 valence electrons. The molecule has 0 N–H and O–H groups in total. The van der Waals surface area contributed by atoms with Crippen molar-refractivity contribution in [1.29, 1.82) is 0 Å². The van der Waals surface area contributed by atoms with Gasteiger partial charge in [0.2, 0.25) is 0 Å². The van der Waals surface area contributed by atoms with Crippen LogP contribution in [0.5, 0.6) is 0 Å². The van der Waals surface area contributed by atoms with E-state index in [0.29, 0.717) is 11.5 Å². The van der Waals surface area contributed by atoms with Crippen LogP contribution in [-0.2, 0) is 4.74 Å². The van der Waals surface area contributed by atoms with Gasteiger partial charge in [0.1, 0.15) is 0 Å². The Labute approximate surface area is 90.4 Å². The molecule has 0 aromatic carbocycles. The molecular weight excluding hydrogens is 228 g/mol. The molecule has 0 spiro atoms. The van der Waals surface area contributed by atoms with Gasteiger partial charge >= 0.3 is 0 Å². The van der Waals surface area contributed by atoms with Crippen molar-refractivity contribution < 1.29 is 4.74 Å². The Balaban J connectivity index is 2.77. The number of ether oxygens (including phenoxy) is 1. The van der Waals surface area contributed by atoms with Gasteiger partial charge in [0.05, 0.1) is 6.10 Å². The number of alkyl halides is 1. The standard InChI is InChI=1S/C11H21BrO/c1-4-10(5-2)11(8-12)6-7-13-9(11)3/h9-10H,4-8H2,1-3H3. The lowest BCUT2D eigenvalue weighted by Gasteiger charge is -2.37. The number of rotatable bonds is 4. The number of hydrogen-bond acceptors (Lipinski definition) is 1. The summed E-state index contributed by atoms with van der Waals surface area (Å²) in [5.74, 6) is 0.810. The first kappa shape index (κ1) is 11.5. The van der Waals surface area contributed by atoms with Crippen LogP contribution in [0.4, 0.5) is 0 Å². The fourth-order valence-electron chi connectivity index (χ4n) is 2.72. The Hall–Kier alpha value is 0.440. The summed E-state index contributed by atoms with van der Waals surface area (Å²) in [4.78, 5) is 0. The van der Waals surface area contributed by atoms with E-state index in [2.05, 4.69) is 36.7 Å². The summed E-state index contributed by atoms with van der Waals surface area (Å²) in [6, 6.07) is 0. The van der Waals surface area contributed by atoms with E-state index < -0.39 is 0 Å². The van der Waals surface area contributed by atoms with Gasteiger partial charge in [-0.25, -0.2) is 0 Å². The minimum absolute atomic E-state index is 0.406. The molecule has 1 saturated heterocycles. The van der Waals surface area contributed by atoms with E-state index in [-0.39, 0.29) is 0 Å². The molecule has 0 bridgehead atoms. The van der Waals surface area contributed by atoms with Gasteiger partial charge in [-0.2, -0.15) is 0 Å². The van der Waals surface area contributed by atoms with Crippen molar-refractivity contribution in [2.24, 2.45) is 11.3 Å². The molecule has 13 heavy (non-hydrogen) atoms.